The van der Waals surface area contributed by atoms with Crippen LogP contribution in [0.4, 0.5) is 0 Å². The van der Waals surface area contributed by atoms with Gasteiger partial charge in [-0.25, -0.2) is 0 Å². The van der Waals surface area contributed by atoms with Gasteiger partial charge in [0.2, 0.25) is 0 Å². The maximum Gasteiger partial charge on any atom is 0.195 e. The Morgan fingerprint density at radius 3 is 2.57 bits per heavy atom. The number of nitrogens with zero attached hydrogens (tertiary/aromatic N) is 2. The van der Waals surface area contributed by atoms with E-state index in [2.05, 4.69) is 42.5 Å². The molecular formula is C10H19N3S. The van der Waals surface area contributed by atoms with Crippen LogP contribution < -0.4 is 0 Å². The molecule has 1 N–H and O–H groups in total. The maximum atomic E-state index is 5.25. The summed E-state index contributed by atoms with van der Waals surface area (Å²) in [5.74, 6) is 1.05. The minimum absolute atomic E-state index is 0.0736. The Morgan fingerprint density at radius 1 is 1.43 bits per heavy atom. The lowest BCUT2D eigenvalue weighted by Gasteiger charge is -2.27. The Kier molecular flexibility index (Phi) is 3.48. The van der Waals surface area contributed by atoms with E-state index in [-0.39, 0.29) is 5.54 Å². The summed E-state index contributed by atoms with van der Waals surface area (Å²) < 4.78 is 2.88. The molecule has 0 atom stereocenters. The zero-order valence-corrected chi connectivity index (χ0v) is 10.2. The lowest BCUT2D eigenvalue weighted by atomic mass is 9.98. The molecule has 80 valence electrons. The number of aryl methyl sites for hydroxylation is 1. The Balaban J connectivity index is 3.15. The fourth-order valence-electron chi connectivity index (χ4n) is 1.91. The fourth-order valence-corrected chi connectivity index (χ4v) is 2.31. The Morgan fingerprint density at radius 2 is 2.07 bits per heavy atom. The predicted molar refractivity (Wildman–Crippen MR) is 61.0 cm³/mol. The molecule has 0 amide bonds. The van der Waals surface area contributed by atoms with Gasteiger partial charge in [-0.1, -0.05) is 20.3 Å². The Labute approximate surface area is 90.5 Å². The van der Waals surface area contributed by atoms with Crippen molar-refractivity contribution >= 4 is 12.2 Å². The zero-order chi connectivity index (χ0) is 10.8. The first-order valence-electron chi connectivity index (χ1n) is 5.19. The molecule has 0 saturated heterocycles. The first-order chi connectivity index (χ1) is 6.53. The minimum Gasteiger partial charge on any atom is -0.298 e. The quantitative estimate of drug-likeness (QED) is 0.780. The number of aromatic nitrogens is 3. The van der Waals surface area contributed by atoms with Crippen molar-refractivity contribution in [3.8, 4) is 0 Å². The summed E-state index contributed by atoms with van der Waals surface area (Å²) in [5, 5.41) is 7.10. The van der Waals surface area contributed by atoms with Crippen LogP contribution in [-0.2, 0) is 12.0 Å². The number of aromatic amines is 1. The summed E-state index contributed by atoms with van der Waals surface area (Å²) in [6.07, 6.45) is 3.19. The van der Waals surface area contributed by atoms with Crippen molar-refractivity contribution in [2.75, 3.05) is 0 Å². The standard InChI is InChI=1S/C10H19N3S/c1-5-7-10(3,4)13-8(6-2)11-12-9(13)14/h5-7H2,1-4H3,(H,12,14). The lowest BCUT2D eigenvalue weighted by Crippen LogP contribution is -2.28. The number of nitrogens with one attached hydrogen (secondary N) is 1. The summed E-state index contributed by atoms with van der Waals surface area (Å²) in [6, 6.07) is 0. The summed E-state index contributed by atoms with van der Waals surface area (Å²) in [5.41, 5.74) is 0.0736. The first-order valence-corrected chi connectivity index (χ1v) is 5.60. The number of hydrogen-bond donors (Lipinski definition) is 1. The van der Waals surface area contributed by atoms with E-state index in [4.69, 9.17) is 12.2 Å². The summed E-state index contributed by atoms with van der Waals surface area (Å²) in [7, 11) is 0. The average molecular weight is 213 g/mol. The van der Waals surface area contributed by atoms with Gasteiger partial charge in [-0.15, -0.1) is 0 Å². The molecule has 0 fully saturated rings. The van der Waals surface area contributed by atoms with Gasteiger partial charge in [0, 0.05) is 12.0 Å². The van der Waals surface area contributed by atoms with Gasteiger partial charge < -0.3 is 0 Å². The van der Waals surface area contributed by atoms with Crippen LogP contribution in [0, 0.1) is 4.77 Å². The van der Waals surface area contributed by atoms with E-state index in [1.165, 1.54) is 0 Å². The van der Waals surface area contributed by atoms with Gasteiger partial charge >= 0.3 is 0 Å². The van der Waals surface area contributed by atoms with Crippen molar-refractivity contribution in [2.45, 2.75) is 52.5 Å². The molecule has 1 aromatic heterocycles. The van der Waals surface area contributed by atoms with Crippen LogP contribution in [0.3, 0.4) is 0 Å². The third-order valence-corrected chi connectivity index (χ3v) is 2.80. The van der Waals surface area contributed by atoms with Crippen molar-refractivity contribution in [3.63, 3.8) is 0 Å². The first kappa shape index (κ1) is 11.4. The molecule has 0 radical (unpaired) electrons. The van der Waals surface area contributed by atoms with Gasteiger partial charge in [-0.3, -0.25) is 9.67 Å². The van der Waals surface area contributed by atoms with Crippen LogP contribution in [0.15, 0.2) is 0 Å². The third-order valence-electron chi connectivity index (χ3n) is 2.53. The van der Waals surface area contributed by atoms with E-state index in [1.54, 1.807) is 0 Å². The molecule has 0 aliphatic heterocycles. The van der Waals surface area contributed by atoms with Gasteiger partial charge in [0.05, 0.1) is 0 Å². The highest BCUT2D eigenvalue weighted by Crippen LogP contribution is 2.23. The van der Waals surface area contributed by atoms with Crippen molar-refractivity contribution in [1.29, 1.82) is 0 Å². The molecule has 3 nitrogen and oxygen atoms in total. The Hall–Kier alpha value is -0.640. The van der Waals surface area contributed by atoms with Gasteiger partial charge in [-0.05, 0) is 32.5 Å². The van der Waals surface area contributed by atoms with Crippen molar-refractivity contribution in [2.24, 2.45) is 0 Å². The van der Waals surface area contributed by atoms with Crippen LogP contribution in [0.5, 0.6) is 0 Å². The van der Waals surface area contributed by atoms with E-state index in [9.17, 15) is 0 Å². The van der Waals surface area contributed by atoms with E-state index >= 15 is 0 Å². The van der Waals surface area contributed by atoms with Crippen LogP contribution in [0.25, 0.3) is 0 Å². The van der Waals surface area contributed by atoms with Crippen molar-refractivity contribution < 1.29 is 0 Å². The van der Waals surface area contributed by atoms with E-state index in [1.807, 2.05) is 0 Å². The fraction of sp³-hybridized carbons (Fsp3) is 0.800. The second kappa shape index (κ2) is 4.26. The normalized spacial score (nSPS) is 12.0. The third kappa shape index (κ3) is 2.05. The number of hydrogen-bond acceptors (Lipinski definition) is 2. The summed E-state index contributed by atoms with van der Waals surface area (Å²) in [4.78, 5) is 0. The molecule has 0 aromatic carbocycles. The van der Waals surface area contributed by atoms with Gasteiger partial charge in [-0.2, -0.15) is 5.10 Å². The van der Waals surface area contributed by atoms with E-state index < -0.39 is 0 Å². The largest absolute Gasteiger partial charge is 0.298 e. The molecule has 0 unspecified atom stereocenters. The van der Waals surface area contributed by atoms with Crippen LogP contribution in [0.1, 0.15) is 46.4 Å². The molecule has 1 aromatic rings. The van der Waals surface area contributed by atoms with Crippen molar-refractivity contribution in [1.82, 2.24) is 14.8 Å². The van der Waals surface area contributed by atoms with Crippen LogP contribution in [0.2, 0.25) is 0 Å². The number of rotatable bonds is 4. The van der Waals surface area contributed by atoms with Crippen molar-refractivity contribution in [3.05, 3.63) is 10.6 Å². The highest BCUT2D eigenvalue weighted by atomic mass is 32.1. The van der Waals surface area contributed by atoms with Crippen LogP contribution in [-0.4, -0.2) is 14.8 Å². The second-order valence-electron chi connectivity index (χ2n) is 4.20. The molecule has 14 heavy (non-hydrogen) atoms. The highest BCUT2D eigenvalue weighted by molar-refractivity contribution is 7.71. The molecule has 1 rings (SSSR count). The lowest BCUT2D eigenvalue weighted by molar-refractivity contribution is 0.311. The summed E-state index contributed by atoms with van der Waals surface area (Å²) in [6.45, 7) is 8.71. The van der Waals surface area contributed by atoms with Gasteiger partial charge in [0.25, 0.3) is 0 Å². The topological polar surface area (TPSA) is 33.6 Å². The van der Waals surface area contributed by atoms with Gasteiger partial charge in [0.1, 0.15) is 5.82 Å². The minimum atomic E-state index is 0.0736. The molecule has 0 bridgehead atoms. The molecule has 0 aliphatic carbocycles. The maximum absolute atomic E-state index is 5.25. The van der Waals surface area contributed by atoms with Gasteiger partial charge in [0.15, 0.2) is 4.77 Å². The smallest absolute Gasteiger partial charge is 0.195 e. The zero-order valence-electron chi connectivity index (χ0n) is 9.42. The van der Waals surface area contributed by atoms with E-state index in [0.29, 0.717) is 0 Å². The summed E-state index contributed by atoms with van der Waals surface area (Å²) >= 11 is 5.25. The molecule has 0 aliphatic rings. The molecular weight excluding hydrogens is 194 g/mol. The second-order valence-corrected chi connectivity index (χ2v) is 4.58. The monoisotopic (exact) mass is 213 g/mol. The average Bonchev–Trinajstić information content (AvgIpc) is 2.47. The van der Waals surface area contributed by atoms with E-state index in [0.717, 1.165) is 29.9 Å². The number of H-pyrrole nitrogens is 1. The SMILES string of the molecule is CCCC(C)(C)n1c(CC)n[nH]c1=S. The highest BCUT2D eigenvalue weighted by Gasteiger charge is 2.22. The Bertz CT molecular complexity index is 348. The molecule has 0 saturated carbocycles. The molecule has 0 spiro atoms. The van der Waals surface area contributed by atoms with Crippen LogP contribution >= 0.6 is 12.2 Å². The predicted octanol–water partition coefficient (Wildman–Crippen LogP) is 3.04. The molecule has 4 heteroatoms. The molecule has 1 heterocycles.